The van der Waals surface area contributed by atoms with Crippen molar-refractivity contribution in [3.05, 3.63) is 47.7 Å². The molecule has 1 aromatic carbocycles. The van der Waals surface area contributed by atoms with Crippen LogP contribution in [0.4, 0.5) is 8.78 Å². The summed E-state index contributed by atoms with van der Waals surface area (Å²) in [6.07, 6.45) is 1.32. The minimum Gasteiger partial charge on any atom is -0.478 e. The highest BCUT2D eigenvalue weighted by Crippen LogP contribution is 2.26. The van der Waals surface area contributed by atoms with Gasteiger partial charge in [-0.05, 0) is 24.3 Å². The number of rotatable bonds is 2. The first-order valence-corrected chi connectivity index (χ1v) is 4.36. The molecule has 1 heterocycles. The number of carboxylic acid groups (broad SMARTS) is 1. The minimum atomic E-state index is -1.34. The predicted octanol–water partition coefficient (Wildman–Crippen LogP) is 2.92. The van der Waals surface area contributed by atoms with Crippen LogP contribution in [0.3, 0.4) is 0 Å². The lowest BCUT2D eigenvalue weighted by Crippen LogP contribution is -2.01. The molecule has 2 aromatic rings. The molecule has 1 aromatic heterocycles. The topological polar surface area (TPSA) is 50.4 Å². The fourth-order valence-electron chi connectivity index (χ4n) is 1.36. The van der Waals surface area contributed by atoms with E-state index in [1.807, 2.05) is 0 Å². The van der Waals surface area contributed by atoms with Crippen LogP contribution in [0.2, 0.25) is 0 Å². The van der Waals surface area contributed by atoms with Gasteiger partial charge in [0.1, 0.15) is 5.76 Å². The monoisotopic (exact) mass is 224 g/mol. The van der Waals surface area contributed by atoms with Gasteiger partial charge in [0.05, 0.1) is 11.8 Å². The van der Waals surface area contributed by atoms with Gasteiger partial charge < -0.3 is 9.52 Å². The molecule has 0 aliphatic heterocycles. The Morgan fingerprint density at radius 2 is 1.94 bits per heavy atom. The van der Waals surface area contributed by atoms with E-state index < -0.39 is 17.6 Å². The average molecular weight is 224 g/mol. The van der Waals surface area contributed by atoms with Crippen molar-refractivity contribution in [1.82, 2.24) is 0 Å². The maximum absolute atomic E-state index is 13.0. The Kier molecular flexibility index (Phi) is 2.44. The molecule has 16 heavy (non-hydrogen) atoms. The summed E-state index contributed by atoms with van der Waals surface area (Å²) in [5.74, 6) is -3.48. The second-order valence-electron chi connectivity index (χ2n) is 3.09. The fourth-order valence-corrected chi connectivity index (χ4v) is 1.36. The molecule has 0 unspecified atom stereocenters. The zero-order valence-corrected chi connectivity index (χ0v) is 7.91. The van der Waals surface area contributed by atoms with Gasteiger partial charge in [-0.3, -0.25) is 0 Å². The van der Waals surface area contributed by atoms with Gasteiger partial charge in [0, 0.05) is 5.56 Å². The summed E-state index contributed by atoms with van der Waals surface area (Å²) in [5, 5.41) is 8.85. The second-order valence-corrected chi connectivity index (χ2v) is 3.09. The van der Waals surface area contributed by atoms with Crippen LogP contribution in [0.15, 0.2) is 34.9 Å². The van der Waals surface area contributed by atoms with Crippen LogP contribution in [0, 0.1) is 11.6 Å². The van der Waals surface area contributed by atoms with Crippen molar-refractivity contribution in [2.75, 3.05) is 0 Å². The van der Waals surface area contributed by atoms with Gasteiger partial charge in [0.15, 0.2) is 11.6 Å². The number of benzene rings is 1. The molecule has 0 spiro atoms. The van der Waals surface area contributed by atoms with E-state index in [4.69, 9.17) is 9.52 Å². The summed E-state index contributed by atoms with van der Waals surface area (Å²) in [6.45, 7) is 0. The Bertz CT molecular complexity index is 532. The third-order valence-electron chi connectivity index (χ3n) is 2.08. The van der Waals surface area contributed by atoms with E-state index >= 15 is 0 Å². The van der Waals surface area contributed by atoms with Gasteiger partial charge in [0.25, 0.3) is 0 Å². The van der Waals surface area contributed by atoms with Gasteiger partial charge in [-0.25, -0.2) is 13.6 Å². The Balaban J connectivity index is 2.68. The number of carbonyl (C=O) groups is 1. The van der Waals surface area contributed by atoms with Crippen LogP contribution in [0.5, 0.6) is 0 Å². The van der Waals surface area contributed by atoms with Crippen LogP contribution >= 0.6 is 0 Å². The molecule has 0 aliphatic rings. The van der Waals surface area contributed by atoms with Gasteiger partial charge in [-0.1, -0.05) is 0 Å². The van der Waals surface area contributed by atoms with Crippen molar-refractivity contribution >= 4 is 5.97 Å². The normalized spacial score (nSPS) is 10.4. The summed E-state index contributed by atoms with van der Waals surface area (Å²) < 4.78 is 30.8. The second kappa shape index (κ2) is 3.77. The fraction of sp³-hybridized carbons (Fsp3) is 0. The Morgan fingerprint density at radius 1 is 1.25 bits per heavy atom. The molecule has 0 atom stereocenters. The van der Waals surface area contributed by atoms with E-state index in [-0.39, 0.29) is 16.9 Å². The number of hydrogen-bond donors (Lipinski definition) is 1. The highest BCUT2D eigenvalue weighted by molar-refractivity contribution is 5.95. The molecule has 0 fully saturated rings. The van der Waals surface area contributed by atoms with Crippen LogP contribution in [-0.2, 0) is 0 Å². The first-order chi connectivity index (χ1) is 7.59. The standard InChI is InChI=1S/C11H6F2O3/c12-8-4-6(10-2-1-3-16-10)7(11(14)15)5-9(8)13/h1-5H,(H,14,15). The molecular weight excluding hydrogens is 218 g/mol. The Morgan fingerprint density at radius 3 is 2.50 bits per heavy atom. The maximum atomic E-state index is 13.0. The molecule has 82 valence electrons. The lowest BCUT2D eigenvalue weighted by molar-refractivity contribution is 0.0697. The van der Waals surface area contributed by atoms with Gasteiger partial charge in [-0.2, -0.15) is 0 Å². The number of carboxylic acids is 1. The number of furan rings is 1. The van der Waals surface area contributed by atoms with E-state index in [0.717, 1.165) is 6.07 Å². The first-order valence-electron chi connectivity index (χ1n) is 4.36. The average Bonchev–Trinajstić information content (AvgIpc) is 2.74. The van der Waals surface area contributed by atoms with Gasteiger partial charge >= 0.3 is 5.97 Å². The van der Waals surface area contributed by atoms with Crippen LogP contribution < -0.4 is 0 Å². The molecule has 0 amide bonds. The highest BCUT2D eigenvalue weighted by Gasteiger charge is 2.17. The quantitative estimate of drug-likeness (QED) is 0.853. The molecule has 0 aliphatic carbocycles. The first kappa shape index (κ1) is 10.4. The van der Waals surface area contributed by atoms with E-state index in [1.165, 1.54) is 18.4 Å². The molecular formula is C11H6F2O3. The summed E-state index contributed by atoms with van der Waals surface area (Å²) in [6, 6.07) is 4.44. The third-order valence-corrected chi connectivity index (χ3v) is 2.08. The zero-order chi connectivity index (χ0) is 11.7. The summed E-state index contributed by atoms with van der Waals surface area (Å²) in [7, 11) is 0. The lowest BCUT2D eigenvalue weighted by atomic mass is 10.0. The van der Waals surface area contributed by atoms with E-state index in [9.17, 15) is 13.6 Å². The van der Waals surface area contributed by atoms with E-state index in [0.29, 0.717) is 6.07 Å². The van der Waals surface area contributed by atoms with Crippen molar-refractivity contribution in [3.8, 4) is 11.3 Å². The minimum absolute atomic E-state index is 0.0106. The smallest absolute Gasteiger partial charge is 0.336 e. The molecule has 0 radical (unpaired) electrons. The number of hydrogen-bond acceptors (Lipinski definition) is 2. The predicted molar refractivity (Wildman–Crippen MR) is 51.0 cm³/mol. The molecule has 0 saturated carbocycles. The SMILES string of the molecule is O=C(O)c1cc(F)c(F)cc1-c1ccco1. The van der Waals surface area contributed by atoms with Crippen molar-refractivity contribution in [2.45, 2.75) is 0 Å². The van der Waals surface area contributed by atoms with Crippen molar-refractivity contribution in [2.24, 2.45) is 0 Å². The lowest BCUT2D eigenvalue weighted by Gasteiger charge is -2.04. The molecule has 0 bridgehead atoms. The Hall–Kier alpha value is -2.17. The van der Waals surface area contributed by atoms with Crippen LogP contribution in [0.1, 0.15) is 10.4 Å². The Labute approximate surface area is 88.9 Å². The van der Waals surface area contributed by atoms with Crippen molar-refractivity contribution < 1.29 is 23.1 Å². The highest BCUT2D eigenvalue weighted by atomic mass is 19.2. The van der Waals surface area contributed by atoms with E-state index in [1.54, 1.807) is 0 Å². The van der Waals surface area contributed by atoms with Crippen molar-refractivity contribution in [3.63, 3.8) is 0 Å². The summed E-state index contributed by atoms with van der Waals surface area (Å²) in [5.41, 5.74) is -0.328. The van der Waals surface area contributed by atoms with Gasteiger partial charge in [0.2, 0.25) is 0 Å². The van der Waals surface area contributed by atoms with Crippen LogP contribution in [0.25, 0.3) is 11.3 Å². The van der Waals surface area contributed by atoms with Gasteiger partial charge in [-0.15, -0.1) is 0 Å². The van der Waals surface area contributed by atoms with Crippen LogP contribution in [-0.4, -0.2) is 11.1 Å². The molecule has 0 saturated heterocycles. The largest absolute Gasteiger partial charge is 0.478 e. The van der Waals surface area contributed by atoms with E-state index in [2.05, 4.69) is 0 Å². The third kappa shape index (κ3) is 1.67. The molecule has 3 nitrogen and oxygen atoms in total. The molecule has 5 heteroatoms. The molecule has 1 N–H and O–H groups in total. The number of aromatic carboxylic acids is 1. The zero-order valence-electron chi connectivity index (χ0n) is 7.91. The van der Waals surface area contributed by atoms with Crippen molar-refractivity contribution in [1.29, 1.82) is 0 Å². The molecule has 2 rings (SSSR count). The maximum Gasteiger partial charge on any atom is 0.336 e. The summed E-state index contributed by atoms with van der Waals surface area (Å²) >= 11 is 0. The summed E-state index contributed by atoms with van der Waals surface area (Å²) in [4.78, 5) is 10.8. The number of halogens is 2.